The Bertz CT molecular complexity index is 1920. The average molecular weight is 573 g/mol. The van der Waals surface area contributed by atoms with Crippen molar-refractivity contribution in [1.29, 1.82) is 0 Å². The van der Waals surface area contributed by atoms with Crippen LogP contribution >= 0.6 is 0 Å². The Balaban J connectivity index is 0.000000182. The van der Waals surface area contributed by atoms with Crippen LogP contribution in [0.3, 0.4) is 0 Å². The Morgan fingerprint density at radius 2 is 1.11 bits per heavy atom. The SMILES string of the molecule is C/C(=C(/C)c1c(C)c2ccccc2c2ccccc12)c1ccccc1C1CC1.CCC(C)c1ccc(-c2ccccc2)cc1. The molecular weight excluding hydrogens is 528 g/mol. The number of hydrogen-bond donors (Lipinski definition) is 0. The summed E-state index contributed by atoms with van der Waals surface area (Å²) < 4.78 is 0. The summed E-state index contributed by atoms with van der Waals surface area (Å²) in [5.41, 5.74) is 12.6. The first kappa shape index (κ1) is 29.6. The molecule has 1 fully saturated rings. The second-order valence-electron chi connectivity index (χ2n) is 12.5. The normalized spacial score (nSPS) is 14.1. The number of rotatable bonds is 6. The molecule has 0 spiro atoms. The molecule has 0 aromatic heterocycles. The van der Waals surface area contributed by atoms with Crippen molar-refractivity contribution in [1.82, 2.24) is 0 Å². The third-order valence-electron chi connectivity index (χ3n) is 9.71. The van der Waals surface area contributed by atoms with E-state index in [1.165, 1.54) is 90.9 Å². The van der Waals surface area contributed by atoms with Crippen LogP contribution in [0.25, 0.3) is 43.8 Å². The molecule has 0 N–H and O–H groups in total. The molecule has 44 heavy (non-hydrogen) atoms. The fraction of sp³-hybridized carbons (Fsp3) is 0.227. The maximum atomic E-state index is 2.33. The van der Waals surface area contributed by atoms with E-state index < -0.39 is 0 Å². The molecule has 1 aliphatic carbocycles. The summed E-state index contributed by atoms with van der Waals surface area (Å²) in [7, 11) is 0. The first-order valence-electron chi connectivity index (χ1n) is 16.3. The van der Waals surface area contributed by atoms with Crippen LogP contribution in [0.2, 0.25) is 0 Å². The van der Waals surface area contributed by atoms with Crippen LogP contribution in [-0.2, 0) is 0 Å². The quantitative estimate of drug-likeness (QED) is 0.138. The molecule has 0 heteroatoms. The number of benzene rings is 6. The molecule has 0 nitrogen and oxygen atoms in total. The minimum atomic E-state index is 0.657. The van der Waals surface area contributed by atoms with Crippen LogP contribution in [0.1, 0.15) is 86.6 Å². The molecule has 1 unspecified atom stereocenters. The summed E-state index contributed by atoms with van der Waals surface area (Å²) in [5, 5.41) is 5.42. The molecule has 220 valence electrons. The molecule has 0 radical (unpaired) electrons. The summed E-state index contributed by atoms with van der Waals surface area (Å²) in [6.07, 6.45) is 3.87. The van der Waals surface area contributed by atoms with Crippen LogP contribution in [0, 0.1) is 6.92 Å². The van der Waals surface area contributed by atoms with Gasteiger partial charge in [-0.1, -0.05) is 141 Å². The second-order valence-corrected chi connectivity index (χ2v) is 12.5. The lowest BCUT2D eigenvalue weighted by Gasteiger charge is -2.19. The lowest BCUT2D eigenvalue weighted by atomic mass is 9.85. The number of hydrogen-bond acceptors (Lipinski definition) is 0. The topological polar surface area (TPSA) is 0 Å². The van der Waals surface area contributed by atoms with Crippen LogP contribution in [0.15, 0.2) is 127 Å². The Morgan fingerprint density at radius 1 is 0.591 bits per heavy atom. The van der Waals surface area contributed by atoms with Gasteiger partial charge in [-0.3, -0.25) is 0 Å². The number of aryl methyl sites for hydroxylation is 1. The Hall–Kier alpha value is -4.42. The highest BCUT2D eigenvalue weighted by atomic mass is 14.3. The van der Waals surface area contributed by atoms with Crippen molar-refractivity contribution in [2.24, 2.45) is 0 Å². The summed E-state index contributed by atoms with van der Waals surface area (Å²) >= 11 is 0. The second kappa shape index (κ2) is 13.1. The molecule has 0 saturated heterocycles. The van der Waals surface area contributed by atoms with Gasteiger partial charge in [-0.25, -0.2) is 0 Å². The van der Waals surface area contributed by atoms with Gasteiger partial charge in [0.05, 0.1) is 0 Å². The van der Waals surface area contributed by atoms with Crippen LogP contribution < -0.4 is 0 Å². The van der Waals surface area contributed by atoms with E-state index in [2.05, 4.69) is 162 Å². The maximum absolute atomic E-state index is 2.33. The van der Waals surface area contributed by atoms with Crippen molar-refractivity contribution in [3.63, 3.8) is 0 Å². The van der Waals surface area contributed by atoms with Crippen LogP contribution in [-0.4, -0.2) is 0 Å². The summed E-state index contributed by atoms with van der Waals surface area (Å²) in [5.74, 6) is 1.42. The van der Waals surface area contributed by atoms with Crippen LogP contribution in [0.5, 0.6) is 0 Å². The lowest BCUT2D eigenvalue weighted by molar-refractivity contribution is 0.734. The van der Waals surface area contributed by atoms with Gasteiger partial charge in [-0.05, 0) is 124 Å². The van der Waals surface area contributed by atoms with Crippen molar-refractivity contribution >= 4 is 32.7 Å². The molecule has 6 aromatic carbocycles. The van der Waals surface area contributed by atoms with Gasteiger partial charge in [0.15, 0.2) is 0 Å². The monoisotopic (exact) mass is 572 g/mol. The van der Waals surface area contributed by atoms with Crippen molar-refractivity contribution in [3.8, 4) is 11.1 Å². The molecule has 6 aromatic rings. The Morgan fingerprint density at radius 3 is 1.75 bits per heavy atom. The molecule has 1 saturated carbocycles. The smallest absolute Gasteiger partial charge is 0.00991 e. The fourth-order valence-electron chi connectivity index (χ4n) is 6.65. The Kier molecular flexibility index (Phi) is 8.80. The largest absolute Gasteiger partial charge is 0.0648 e. The Labute approximate surface area is 264 Å². The lowest BCUT2D eigenvalue weighted by Crippen LogP contribution is -1.96. The summed E-state index contributed by atoms with van der Waals surface area (Å²) in [6.45, 7) is 11.4. The third kappa shape index (κ3) is 6.00. The first-order valence-corrected chi connectivity index (χ1v) is 16.3. The van der Waals surface area contributed by atoms with E-state index in [-0.39, 0.29) is 0 Å². The first-order chi connectivity index (χ1) is 21.5. The van der Waals surface area contributed by atoms with Gasteiger partial charge in [0.2, 0.25) is 0 Å². The summed E-state index contributed by atoms with van der Waals surface area (Å²) in [6, 6.07) is 46.2. The molecular formula is C44H44. The van der Waals surface area contributed by atoms with E-state index in [0.717, 1.165) is 5.92 Å². The van der Waals surface area contributed by atoms with Crippen LogP contribution in [0.4, 0.5) is 0 Å². The van der Waals surface area contributed by atoms with Gasteiger partial charge in [-0.2, -0.15) is 0 Å². The van der Waals surface area contributed by atoms with Crippen molar-refractivity contribution in [3.05, 3.63) is 155 Å². The van der Waals surface area contributed by atoms with Gasteiger partial charge in [0, 0.05) is 0 Å². The molecule has 0 bridgehead atoms. The predicted molar refractivity (Wildman–Crippen MR) is 193 cm³/mol. The number of fused-ring (bicyclic) bond motifs is 3. The van der Waals surface area contributed by atoms with Gasteiger partial charge < -0.3 is 0 Å². The average Bonchev–Trinajstić information content (AvgIpc) is 3.94. The fourth-order valence-corrected chi connectivity index (χ4v) is 6.65. The van der Waals surface area contributed by atoms with E-state index in [1.807, 2.05) is 0 Å². The highest BCUT2D eigenvalue weighted by molar-refractivity contribution is 6.15. The van der Waals surface area contributed by atoms with E-state index in [0.29, 0.717) is 5.92 Å². The van der Waals surface area contributed by atoms with Crippen molar-refractivity contribution in [2.45, 2.75) is 65.7 Å². The molecule has 0 heterocycles. The highest BCUT2D eigenvalue weighted by Crippen LogP contribution is 2.45. The minimum Gasteiger partial charge on any atom is -0.0648 e. The predicted octanol–water partition coefficient (Wildman–Crippen LogP) is 13.0. The zero-order valence-corrected chi connectivity index (χ0v) is 26.9. The molecule has 1 atom stereocenters. The van der Waals surface area contributed by atoms with E-state index in [4.69, 9.17) is 0 Å². The zero-order chi connectivity index (χ0) is 30.6. The van der Waals surface area contributed by atoms with E-state index >= 15 is 0 Å². The molecule has 7 rings (SSSR count). The standard InChI is InChI=1S/C28H26.C16H18/c1-18(22-10-4-6-12-24(22)21-16-17-21)19(2)28-20(3)23-11-5-7-13-25(23)26-14-8-9-15-27(26)28;1-3-13(2)14-9-11-16(12-10-14)15-7-5-4-6-8-15/h4-15,21H,16-17H2,1-3H3;4-13H,3H2,1-2H3/b19-18+;. The van der Waals surface area contributed by atoms with Crippen molar-refractivity contribution in [2.75, 3.05) is 0 Å². The van der Waals surface area contributed by atoms with Gasteiger partial charge in [-0.15, -0.1) is 0 Å². The maximum Gasteiger partial charge on any atom is -0.00991 e. The zero-order valence-electron chi connectivity index (χ0n) is 26.9. The molecule has 1 aliphatic rings. The van der Waals surface area contributed by atoms with Gasteiger partial charge in [0.1, 0.15) is 0 Å². The third-order valence-corrected chi connectivity index (χ3v) is 9.71. The van der Waals surface area contributed by atoms with Gasteiger partial charge >= 0.3 is 0 Å². The van der Waals surface area contributed by atoms with Gasteiger partial charge in [0.25, 0.3) is 0 Å². The van der Waals surface area contributed by atoms with E-state index in [1.54, 1.807) is 0 Å². The summed E-state index contributed by atoms with van der Waals surface area (Å²) in [4.78, 5) is 0. The number of allylic oxidation sites excluding steroid dienone is 2. The minimum absolute atomic E-state index is 0.657. The highest BCUT2D eigenvalue weighted by Gasteiger charge is 2.26. The molecule has 0 aliphatic heterocycles. The van der Waals surface area contributed by atoms with Crippen molar-refractivity contribution < 1.29 is 0 Å². The van der Waals surface area contributed by atoms with E-state index in [9.17, 15) is 0 Å². The molecule has 0 amide bonds.